The van der Waals surface area contributed by atoms with Gasteiger partial charge in [0.1, 0.15) is 11.9 Å². The number of rotatable bonds is 8. The molecule has 0 aliphatic rings. The average Bonchev–Trinajstić information content (AvgIpc) is 2.75. The van der Waals surface area contributed by atoms with Crippen molar-refractivity contribution in [2.75, 3.05) is 11.9 Å². The van der Waals surface area contributed by atoms with Gasteiger partial charge in [0, 0.05) is 36.6 Å². The summed E-state index contributed by atoms with van der Waals surface area (Å²) in [4.78, 5) is 28.0. The molecule has 1 atom stereocenters. The largest absolute Gasteiger partial charge is 0.486 e. The summed E-state index contributed by atoms with van der Waals surface area (Å²) in [5.41, 5.74) is 2.27. The summed E-state index contributed by atoms with van der Waals surface area (Å²) in [7, 11) is 0. The van der Waals surface area contributed by atoms with E-state index in [1.54, 1.807) is 48.8 Å². The monoisotopic (exact) mass is 389 g/mol. The minimum absolute atomic E-state index is 0.0882. The van der Waals surface area contributed by atoms with Crippen LogP contribution in [0.2, 0.25) is 0 Å². The topological polar surface area (TPSA) is 80.3 Å². The molecule has 2 aromatic carbocycles. The number of aromatic nitrogens is 1. The molecule has 0 spiro atoms. The number of hydrogen-bond donors (Lipinski definition) is 2. The highest BCUT2D eigenvalue weighted by Crippen LogP contribution is 2.21. The van der Waals surface area contributed by atoms with E-state index >= 15 is 0 Å². The lowest BCUT2D eigenvalue weighted by Crippen LogP contribution is -2.27. The highest BCUT2D eigenvalue weighted by Gasteiger charge is 2.09. The Labute approximate surface area is 169 Å². The number of pyridine rings is 1. The third kappa shape index (κ3) is 6.17. The molecule has 148 valence electrons. The molecule has 0 aliphatic heterocycles. The number of nitrogens with one attached hydrogen (secondary N) is 2. The summed E-state index contributed by atoms with van der Waals surface area (Å²) >= 11 is 0. The van der Waals surface area contributed by atoms with Crippen LogP contribution in [0.15, 0.2) is 79.1 Å². The van der Waals surface area contributed by atoms with Crippen molar-refractivity contribution in [3.05, 3.63) is 90.3 Å². The van der Waals surface area contributed by atoms with E-state index < -0.39 is 0 Å². The molecule has 0 saturated heterocycles. The number of carbonyl (C=O) groups excluding carboxylic acids is 2. The van der Waals surface area contributed by atoms with E-state index in [4.69, 9.17) is 4.74 Å². The van der Waals surface area contributed by atoms with Crippen molar-refractivity contribution in [1.29, 1.82) is 0 Å². The van der Waals surface area contributed by atoms with E-state index in [-0.39, 0.29) is 30.9 Å². The van der Waals surface area contributed by atoms with Gasteiger partial charge in [-0.05, 0) is 48.9 Å². The first kappa shape index (κ1) is 20.1. The van der Waals surface area contributed by atoms with Crippen molar-refractivity contribution in [2.45, 2.75) is 19.4 Å². The van der Waals surface area contributed by atoms with Gasteiger partial charge in [0.05, 0.1) is 0 Å². The molecule has 0 aliphatic carbocycles. The number of hydrogen-bond acceptors (Lipinski definition) is 4. The van der Waals surface area contributed by atoms with Gasteiger partial charge >= 0.3 is 0 Å². The number of ether oxygens (including phenoxy) is 1. The zero-order valence-corrected chi connectivity index (χ0v) is 16.2. The Morgan fingerprint density at radius 1 is 0.966 bits per heavy atom. The van der Waals surface area contributed by atoms with Gasteiger partial charge in [-0.2, -0.15) is 0 Å². The molecule has 3 aromatic rings. The van der Waals surface area contributed by atoms with Crippen molar-refractivity contribution in [3.63, 3.8) is 0 Å². The first-order valence-electron chi connectivity index (χ1n) is 9.41. The summed E-state index contributed by atoms with van der Waals surface area (Å²) in [6.07, 6.45) is 3.30. The molecule has 2 N–H and O–H groups in total. The normalized spacial score (nSPS) is 11.3. The first-order valence-corrected chi connectivity index (χ1v) is 9.41. The van der Waals surface area contributed by atoms with Crippen LogP contribution in [0.4, 0.5) is 5.69 Å². The molecule has 2 amide bonds. The maximum Gasteiger partial charge on any atom is 0.251 e. The molecule has 1 aromatic heterocycles. The lowest BCUT2D eigenvalue weighted by Gasteiger charge is -2.15. The van der Waals surface area contributed by atoms with Gasteiger partial charge in [0.2, 0.25) is 5.91 Å². The zero-order chi connectivity index (χ0) is 20.5. The van der Waals surface area contributed by atoms with Crippen molar-refractivity contribution < 1.29 is 14.3 Å². The molecule has 3 rings (SSSR count). The van der Waals surface area contributed by atoms with E-state index in [1.807, 2.05) is 37.3 Å². The van der Waals surface area contributed by atoms with Crippen LogP contribution >= 0.6 is 0 Å². The fourth-order valence-corrected chi connectivity index (χ4v) is 2.73. The second-order valence-electron chi connectivity index (χ2n) is 6.49. The number of benzene rings is 2. The molecule has 1 heterocycles. The third-order valence-electron chi connectivity index (χ3n) is 4.30. The average molecular weight is 389 g/mol. The van der Waals surface area contributed by atoms with Gasteiger partial charge in [-0.25, -0.2) is 0 Å². The quantitative estimate of drug-likeness (QED) is 0.611. The summed E-state index contributed by atoms with van der Waals surface area (Å²) in [5, 5.41) is 5.50. The summed E-state index contributed by atoms with van der Waals surface area (Å²) < 4.78 is 5.92. The number of amides is 2. The lowest BCUT2D eigenvalue weighted by atomic mass is 10.1. The fraction of sp³-hybridized carbons (Fsp3) is 0.174. The lowest BCUT2D eigenvalue weighted by molar-refractivity contribution is -0.116. The summed E-state index contributed by atoms with van der Waals surface area (Å²) in [6.45, 7) is 2.23. The van der Waals surface area contributed by atoms with Crippen molar-refractivity contribution in [1.82, 2.24) is 10.3 Å². The number of nitrogens with zero attached hydrogens (tertiary/aromatic N) is 1. The van der Waals surface area contributed by atoms with Crippen LogP contribution in [-0.4, -0.2) is 23.3 Å². The van der Waals surface area contributed by atoms with Crippen molar-refractivity contribution in [3.8, 4) is 5.75 Å². The van der Waals surface area contributed by atoms with Crippen LogP contribution in [0.3, 0.4) is 0 Å². The molecule has 6 nitrogen and oxygen atoms in total. The third-order valence-corrected chi connectivity index (χ3v) is 4.30. The number of carbonyl (C=O) groups is 2. The maximum absolute atomic E-state index is 12.2. The highest BCUT2D eigenvalue weighted by atomic mass is 16.5. The fourth-order valence-electron chi connectivity index (χ4n) is 2.73. The van der Waals surface area contributed by atoms with E-state index in [0.29, 0.717) is 17.0 Å². The standard InChI is InChI=1S/C23H23N3O3/c1-17(18-5-3-2-4-6-18)29-21-9-7-19(8-10-21)23(28)25-16-13-22(27)26-20-11-14-24-15-12-20/h2-12,14-15,17H,13,16H2,1H3,(H,25,28)(H,24,26,27)/t17-/m0/s1. The van der Waals surface area contributed by atoms with Gasteiger partial charge in [0.25, 0.3) is 5.91 Å². The molecule has 0 fully saturated rings. The van der Waals surface area contributed by atoms with E-state index in [1.165, 1.54) is 0 Å². The minimum atomic E-state index is -0.232. The van der Waals surface area contributed by atoms with Crippen molar-refractivity contribution in [2.24, 2.45) is 0 Å². The van der Waals surface area contributed by atoms with Crippen LogP contribution in [0.25, 0.3) is 0 Å². The maximum atomic E-state index is 12.2. The summed E-state index contributed by atoms with van der Waals surface area (Å²) in [5.74, 6) is 0.286. The van der Waals surface area contributed by atoms with Gasteiger partial charge in [-0.3, -0.25) is 14.6 Å². The smallest absolute Gasteiger partial charge is 0.251 e. The Morgan fingerprint density at radius 3 is 2.34 bits per heavy atom. The van der Waals surface area contributed by atoms with Gasteiger partial charge in [-0.1, -0.05) is 30.3 Å². The van der Waals surface area contributed by atoms with E-state index in [2.05, 4.69) is 15.6 Å². The second-order valence-corrected chi connectivity index (χ2v) is 6.49. The molecule has 6 heteroatoms. The van der Waals surface area contributed by atoms with E-state index in [0.717, 1.165) is 5.56 Å². The molecule has 0 saturated carbocycles. The Hall–Kier alpha value is -3.67. The van der Waals surface area contributed by atoms with Crippen molar-refractivity contribution >= 4 is 17.5 Å². The zero-order valence-electron chi connectivity index (χ0n) is 16.2. The summed E-state index contributed by atoms with van der Waals surface area (Å²) in [6, 6.07) is 20.3. The van der Waals surface area contributed by atoms with E-state index in [9.17, 15) is 9.59 Å². The minimum Gasteiger partial charge on any atom is -0.486 e. The molecular formula is C23H23N3O3. The van der Waals surface area contributed by atoms with Gasteiger partial charge < -0.3 is 15.4 Å². The molecular weight excluding hydrogens is 366 g/mol. The van der Waals surface area contributed by atoms with Crippen LogP contribution in [-0.2, 0) is 4.79 Å². The molecule has 0 radical (unpaired) electrons. The molecule has 0 unspecified atom stereocenters. The molecule has 29 heavy (non-hydrogen) atoms. The second kappa shape index (κ2) is 10.0. The van der Waals surface area contributed by atoms with Gasteiger partial charge in [0.15, 0.2) is 0 Å². The molecule has 0 bridgehead atoms. The Kier molecular flexibility index (Phi) is 6.95. The van der Waals surface area contributed by atoms with Crippen LogP contribution in [0, 0.1) is 0 Å². The first-order chi connectivity index (χ1) is 14.1. The van der Waals surface area contributed by atoms with Gasteiger partial charge in [-0.15, -0.1) is 0 Å². The van der Waals surface area contributed by atoms with Crippen LogP contribution in [0.5, 0.6) is 5.75 Å². The predicted molar refractivity (Wildman–Crippen MR) is 112 cm³/mol. The predicted octanol–water partition coefficient (Wildman–Crippen LogP) is 3.98. The number of anilines is 1. The van der Waals surface area contributed by atoms with Crippen LogP contribution < -0.4 is 15.4 Å². The SMILES string of the molecule is C[C@H](Oc1ccc(C(=O)NCCC(=O)Nc2ccncc2)cc1)c1ccccc1. The Bertz CT molecular complexity index is 929. The Morgan fingerprint density at radius 2 is 1.66 bits per heavy atom. The van der Waals surface area contributed by atoms with Crippen LogP contribution in [0.1, 0.15) is 35.4 Å². The highest BCUT2D eigenvalue weighted by molar-refractivity contribution is 5.95. The Balaban J connectivity index is 1.44.